The van der Waals surface area contributed by atoms with Crippen LogP contribution in [0, 0.1) is 6.92 Å². The van der Waals surface area contributed by atoms with E-state index in [1.165, 1.54) is 0 Å². The molecule has 0 aliphatic rings. The average Bonchev–Trinajstić information content (AvgIpc) is 2.57. The van der Waals surface area contributed by atoms with E-state index >= 15 is 0 Å². The largest absolute Gasteiger partial charge is 0.461 e. The van der Waals surface area contributed by atoms with Gasteiger partial charge in [0.15, 0.2) is 5.69 Å². The van der Waals surface area contributed by atoms with Crippen LogP contribution in [0.25, 0.3) is 0 Å². The van der Waals surface area contributed by atoms with Crippen molar-refractivity contribution in [1.82, 2.24) is 9.55 Å². The second-order valence-corrected chi connectivity index (χ2v) is 3.04. The number of imidazole rings is 1. The van der Waals surface area contributed by atoms with Gasteiger partial charge in [-0.25, -0.2) is 9.78 Å². The van der Waals surface area contributed by atoms with E-state index in [-0.39, 0.29) is 5.97 Å². The Kier molecular flexibility index (Phi) is 4.03. The fraction of sp³-hybridized carbons (Fsp3) is 0.500. The first-order chi connectivity index (χ1) is 7.20. The minimum absolute atomic E-state index is 0.360. The molecule has 0 fully saturated rings. The summed E-state index contributed by atoms with van der Waals surface area (Å²) in [4.78, 5) is 19.2. The van der Waals surface area contributed by atoms with Crippen molar-refractivity contribution in [3.05, 3.63) is 17.7 Å². The molecule has 5 nitrogen and oxygen atoms in total. The summed E-state index contributed by atoms with van der Waals surface area (Å²) in [5.41, 5.74) is 1.18. The Balaban J connectivity index is 2.78. The predicted octanol–water partition coefficient (Wildman–Crippen LogP) is 1.07. The smallest absolute Gasteiger partial charge is 0.358 e. The summed E-state index contributed by atoms with van der Waals surface area (Å²) in [5.74, 6) is -0.375. The summed E-state index contributed by atoms with van der Waals surface area (Å²) in [5, 5.41) is 0. The van der Waals surface area contributed by atoms with Gasteiger partial charge in [0, 0.05) is 12.2 Å². The number of aliphatic imine (C=N–C) groups is 1. The van der Waals surface area contributed by atoms with Crippen LogP contribution in [0.1, 0.15) is 23.1 Å². The maximum Gasteiger partial charge on any atom is 0.358 e. The molecule has 1 aromatic heterocycles. The number of ether oxygens (including phenoxy) is 1. The zero-order chi connectivity index (χ0) is 11.3. The van der Waals surface area contributed by atoms with Gasteiger partial charge in [-0.1, -0.05) is 0 Å². The molecule has 0 unspecified atom stereocenters. The zero-order valence-corrected chi connectivity index (χ0v) is 9.06. The molecule has 82 valence electrons. The number of esters is 1. The van der Waals surface area contributed by atoms with Crippen LogP contribution in [0.15, 0.2) is 11.3 Å². The second kappa shape index (κ2) is 5.29. The number of nitrogens with zero attached hydrogens (tertiary/aromatic N) is 3. The van der Waals surface area contributed by atoms with E-state index in [0.717, 1.165) is 5.69 Å². The van der Waals surface area contributed by atoms with Crippen LogP contribution >= 0.6 is 0 Å². The summed E-state index contributed by atoms with van der Waals surface area (Å²) in [6, 6.07) is 0. The first-order valence-electron chi connectivity index (χ1n) is 4.82. The van der Waals surface area contributed by atoms with Crippen molar-refractivity contribution in [2.75, 3.05) is 13.2 Å². The molecule has 0 aromatic carbocycles. The van der Waals surface area contributed by atoms with E-state index in [9.17, 15) is 4.79 Å². The molecule has 15 heavy (non-hydrogen) atoms. The van der Waals surface area contributed by atoms with Gasteiger partial charge in [0.2, 0.25) is 0 Å². The van der Waals surface area contributed by atoms with Crippen LogP contribution in [-0.4, -0.2) is 35.4 Å². The molecule has 0 aliphatic carbocycles. The highest BCUT2D eigenvalue weighted by Gasteiger charge is 2.15. The van der Waals surface area contributed by atoms with E-state index in [2.05, 4.69) is 16.7 Å². The lowest BCUT2D eigenvalue weighted by Gasteiger charge is -2.03. The van der Waals surface area contributed by atoms with Gasteiger partial charge in [-0.05, 0) is 20.6 Å². The summed E-state index contributed by atoms with van der Waals surface area (Å²) >= 11 is 0. The fourth-order valence-electron chi connectivity index (χ4n) is 1.25. The maximum absolute atomic E-state index is 11.4. The lowest BCUT2D eigenvalue weighted by molar-refractivity contribution is 0.0519. The van der Waals surface area contributed by atoms with E-state index in [0.29, 0.717) is 25.4 Å². The molecule has 1 heterocycles. The van der Waals surface area contributed by atoms with Crippen molar-refractivity contribution in [3.8, 4) is 0 Å². The Labute approximate surface area is 88.8 Å². The van der Waals surface area contributed by atoms with Crippen LogP contribution in [0.2, 0.25) is 0 Å². The Morgan fingerprint density at radius 3 is 3.07 bits per heavy atom. The van der Waals surface area contributed by atoms with E-state index in [1.54, 1.807) is 13.3 Å². The number of aromatic nitrogens is 2. The molecule has 5 heteroatoms. The third-order valence-electron chi connectivity index (χ3n) is 2.07. The molecular weight excluding hydrogens is 194 g/mol. The SMILES string of the molecule is C=NCCn1cnc(C(=O)OCC)c1C. The van der Waals surface area contributed by atoms with Crippen LogP contribution < -0.4 is 0 Å². The van der Waals surface area contributed by atoms with Crippen molar-refractivity contribution in [3.63, 3.8) is 0 Å². The molecule has 0 amide bonds. The number of carbonyl (C=O) groups is 1. The lowest BCUT2D eigenvalue weighted by atomic mass is 10.3. The third-order valence-corrected chi connectivity index (χ3v) is 2.07. The minimum atomic E-state index is -0.375. The average molecular weight is 209 g/mol. The summed E-state index contributed by atoms with van der Waals surface area (Å²) in [7, 11) is 0. The number of rotatable bonds is 5. The number of hydrogen-bond acceptors (Lipinski definition) is 4. The molecular formula is C10H15N3O2. The maximum atomic E-state index is 11.4. The Bertz CT molecular complexity index is 358. The van der Waals surface area contributed by atoms with Gasteiger partial charge in [0.25, 0.3) is 0 Å². The van der Waals surface area contributed by atoms with Crippen molar-refractivity contribution >= 4 is 12.7 Å². The molecule has 1 rings (SSSR count). The summed E-state index contributed by atoms with van der Waals surface area (Å²) in [6.07, 6.45) is 1.62. The molecule has 0 bridgehead atoms. The van der Waals surface area contributed by atoms with Gasteiger partial charge in [0.05, 0.1) is 19.5 Å². The van der Waals surface area contributed by atoms with Gasteiger partial charge in [0.1, 0.15) is 0 Å². The molecule has 0 aliphatic heterocycles. The summed E-state index contributed by atoms with van der Waals surface area (Å²) in [6.45, 7) is 8.66. The Morgan fingerprint density at radius 1 is 1.73 bits per heavy atom. The molecule has 1 aromatic rings. The first-order valence-corrected chi connectivity index (χ1v) is 4.82. The Hall–Kier alpha value is -1.65. The van der Waals surface area contributed by atoms with Gasteiger partial charge < -0.3 is 9.30 Å². The molecule has 0 radical (unpaired) electrons. The minimum Gasteiger partial charge on any atom is -0.461 e. The van der Waals surface area contributed by atoms with Gasteiger partial charge in [-0.3, -0.25) is 4.99 Å². The highest BCUT2D eigenvalue weighted by atomic mass is 16.5. The van der Waals surface area contributed by atoms with Crippen LogP contribution in [0.3, 0.4) is 0 Å². The topological polar surface area (TPSA) is 56.5 Å². The molecule has 0 saturated heterocycles. The van der Waals surface area contributed by atoms with Crippen molar-refractivity contribution in [2.24, 2.45) is 4.99 Å². The monoisotopic (exact) mass is 209 g/mol. The Morgan fingerprint density at radius 2 is 2.47 bits per heavy atom. The van der Waals surface area contributed by atoms with E-state index in [1.807, 2.05) is 11.5 Å². The normalized spacial score (nSPS) is 10.0. The predicted molar refractivity (Wildman–Crippen MR) is 57.3 cm³/mol. The fourth-order valence-corrected chi connectivity index (χ4v) is 1.25. The third kappa shape index (κ3) is 2.65. The van der Waals surface area contributed by atoms with Crippen molar-refractivity contribution in [2.45, 2.75) is 20.4 Å². The van der Waals surface area contributed by atoms with Gasteiger partial charge in [-0.2, -0.15) is 0 Å². The number of hydrogen-bond donors (Lipinski definition) is 0. The van der Waals surface area contributed by atoms with Crippen LogP contribution in [0.4, 0.5) is 0 Å². The highest BCUT2D eigenvalue weighted by molar-refractivity contribution is 5.88. The second-order valence-electron chi connectivity index (χ2n) is 3.04. The van der Waals surface area contributed by atoms with Crippen molar-refractivity contribution in [1.29, 1.82) is 0 Å². The molecule has 0 saturated carbocycles. The first kappa shape index (κ1) is 11.4. The van der Waals surface area contributed by atoms with E-state index in [4.69, 9.17) is 4.74 Å². The lowest BCUT2D eigenvalue weighted by Crippen LogP contribution is -2.08. The highest BCUT2D eigenvalue weighted by Crippen LogP contribution is 2.07. The van der Waals surface area contributed by atoms with Crippen molar-refractivity contribution < 1.29 is 9.53 Å². The zero-order valence-electron chi connectivity index (χ0n) is 9.06. The van der Waals surface area contributed by atoms with Crippen LogP contribution in [-0.2, 0) is 11.3 Å². The van der Waals surface area contributed by atoms with Gasteiger partial charge in [-0.15, -0.1) is 0 Å². The molecule has 0 N–H and O–H groups in total. The molecule has 0 spiro atoms. The standard InChI is InChI=1S/C10H15N3O2/c1-4-15-10(14)9-8(2)13(7-12-9)6-5-11-3/h7H,3-6H2,1-2H3. The summed E-state index contributed by atoms with van der Waals surface area (Å²) < 4.78 is 6.74. The quantitative estimate of drug-likeness (QED) is 0.538. The van der Waals surface area contributed by atoms with Gasteiger partial charge >= 0.3 is 5.97 Å². The van der Waals surface area contributed by atoms with Crippen LogP contribution in [0.5, 0.6) is 0 Å². The molecule has 0 atom stereocenters. The van der Waals surface area contributed by atoms with E-state index < -0.39 is 0 Å². The number of carbonyl (C=O) groups excluding carboxylic acids is 1.